The number of fused-ring (bicyclic) bond motifs is 11. The predicted octanol–water partition coefficient (Wildman–Crippen LogP) is 15.1. The summed E-state index contributed by atoms with van der Waals surface area (Å²) >= 11 is 0. The van der Waals surface area contributed by atoms with Crippen LogP contribution in [0.1, 0.15) is 0 Å². The van der Waals surface area contributed by atoms with E-state index in [1.165, 1.54) is 71.1 Å². The number of furan rings is 2. The smallest absolute Gasteiger partial charge is 0.178 e. The molecule has 2 heteroatoms. The highest BCUT2D eigenvalue weighted by Crippen LogP contribution is 2.45. The number of hydrogen-bond donors (Lipinski definition) is 0. The maximum atomic E-state index is 6.49. The van der Waals surface area contributed by atoms with E-state index in [4.69, 9.17) is 8.83 Å². The van der Waals surface area contributed by atoms with Gasteiger partial charge in [-0.2, -0.15) is 0 Å². The topological polar surface area (TPSA) is 26.3 Å². The van der Waals surface area contributed by atoms with E-state index < -0.39 is 0 Å². The summed E-state index contributed by atoms with van der Waals surface area (Å²) in [5, 5.41) is 14.2. The average Bonchev–Trinajstić information content (AvgIpc) is 3.80. The van der Waals surface area contributed by atoms with Crippen molar-refractivity contribution in [1.82, 2.24) is 0 Å². The van der Waals surface area contributed by atoms with Crippen molar-refractivity contribution >= 4 is 87.0 Å². The molecule has 0 fully saturated rings. The minimum atomic E-state index is 0.801. The summed E-state index contributed by atoms with van der Waals surface area (Å²) in [6.07, 6.45) is 0. The lowest BCUT2D eigenvalue weighted by atomic mass is 9.85. The van der Waals surface area contributed by atoms with E-state index in [0.29, 0.717) is 0 Å². The Labute approximate surface area is 310 Å². The summed E-state index contributed by atoms with van der Waals surface area (Å²) in [6, 6.07) is 65.9. The lowest BCUT2D eigenvalue weighted by Gasteiger charge is -2.18. The van der Waals surface area contributed by atoms with Crippen molar-refractivity contribution in [2.75, 3.05) is 0 Å². The molecule has 2 aromatic heterocycles. The van der Waals surface area contributed by atoms with Crippen molar-refractivity contribution in [3.8, 4) is 33.4 Å². The van der Waals surface area contributed by atoms with Crippen LogP contribution in [0.4, 0.5) is 0 Å². The Kier molecular flexibility index (Phi) is 6.09. The molecule has 12 rings (SSSR count). The number of hydrogen-bond acceptors (Lipinski definition) is 2. The summed E-state index contributed by atoms with van der Waals surface area (Å²) in [5.74, 6) is 0. The van der Waals surface area contributed by atoms with E-state index in [9.17, 15) is 0 Å². The van der Waals surface area contributed by atoms with E-state index >= 15 is 0 Å². The molecule has 2 nitrogen and oxygen atoms in total. The predicted molar refractivity (Wildman–Crippen MR) is 227 cm³/mol. The van der Waals surface area contributed by atoms with Gasteiger partial charge in [-0.25, -0.2) is 0 Å². The molecule has 0 aliphatic carbocycles. The second kappa shape index (κ2) is 11.2. The normalized spacial score (nSPS) is 12.1. The highest BCUT2D eigenvalue weighted by atomic mass is 16.4. The molecule has 0 aliphatic rings. The first-order valence-corrected chi connectivity index (χ1v) is 18.5. The third-order valence-electron chi connectivity index (χ3n) is 11.4. The molecule has 0 unspecified atom stereocenters. The second-order valence-corrected chi connectivity index (χ2v) is 14.4. The zero-order valence-electron chi connectivity index (χ0n) is 29.1. The van der Waals surface area contributed by atoms with Crippen molar-refractivity contribution in [2.45, 2.75) is 0 Å². The van der Waals surface area contributed by atoms with Crippen LogP contribution in [-0.4, -0.2) is 0 Å². The number of benzene rings is 10. The van der Waals surface area contributed by atoms with E-state index in [1.807, 2.05) is 18.2 Å². The number of rotatable bonds is 3. The van der Waals surface area contributed by atoms with Crippen LogP contribution in [0.15, 0.2) is 191 Å². The van der Waals surface area contributed by atoms with E-state index in [1.54, 1.807) is 0 Å². The molecule has 0 saturated carbocycles. The van der Waals surface area contributed by atoms with Gasteiger partial charge in [0.05, 0.1) is 0 Å². The van der Waals surface area contributed by atoms with Gasteiger partial charge in [0.15, 0.2) is 11.2 Å². The summed E-state index contributed by atoms with van der Waals surface area (Å²) in [5.41, 5.74) is 10.7. The average molecular weight is 687 g/mol. The van der Waals surface area contributed by atoms with Crippen LogP contribution in [0.25, 0.3) is 120 Å². The minimum Gasteiger partial charge on any atom is -0.452 e. The van der Waals surface area contributed by atoms with Crippen LogP contribution in [0.3, 0.4) is 0 Å². The van der Waals surface area contributed by atoms with Gasteiger partial charge in [0.2, 0.25) is 0 Å². The molecule has 0 saturated heterocycles. The highest BCUT2D eigenvalue weighted by molar-refractivity contribution is 6.22. The van der Waals surface area contributed by atoms with Gasteiger partial charge in [0.25, 0.3) is 0 Å². The van der Waals surface area contributed by atoms with Crippen LogP contribution in [0.2, 0.25) is 0 Å². The molecule has 54 heavy (non-hydrogen) atoms. The van der Waals surface area contributed by atoms with E-state index in [2.05, 4.69) is 164 Å². The van der Waals surface area contributed by atoms with Gasteiger partial charge in [0.1, 0.15) is 11.2 Å². The monoisotopic (exact) mass is 686 g/mol. The van der Waals surface area contributed by atoms with Gasteiger partial charge in [-0.05, 0) is 119 Å². The standard InChI is InChI=1S/C52H30O2/c1-2-10-34-27-37(24-19-31(34)9-1)50-42-14-5-3-12-40(42)49(41-13-4-6-15-43(41)50)33-20-17-32(18-21-33)35-22-23-36-30-48-46(29-38(36)28-35)45-26-25-44-39-11-7-8-16-47(39)53-51(44)52(45)54-48/h1-30H. The first-order valence-electron chi connectivity index (χ1n) is 18.5. The van der Waals surface area contributed by atoms with Crippen LogP contribution in [0, 0.1) is 0 Å². The lowest BCUT2D eigenvalue weighted by Crippen LogP contribution is -1.91. The number of para-hydroxylation sites is 1. The van der Waals surface area contributed by atoms with Gasteiger partial charge in [-0.1, -0.05) is 140 Å². The lowest BCUT2D eigenvalue weighted by molar-refractivity contribution is 0.633. The third kappa shape index (κ3) is 4.28. The zero-order valence-corrected chi connectivity index (χ0v) is 29.1. The van der Waals surface area contributed by atoms with Crippen LogP contribution in [-0.2, 0) is 0 Å². The molecule has 0 N–H and O–H groups in total. The maximum Gasteiger partial charge on any atom is 0.178 e. The quantitative estimate of drug-likeness (QED) is 0.173. The fourth-order valence-corrected chi connectivity index (χ4v) is 8.86. The van der Waals surface area contributed by atoms with Crippen molar-refractivity contribution in [3.05, 3.63) is 182 Å². The molecule has 0 radical (unpaired) electrons. The first kappa shape index (κ1) is 29.4. The van der Waals surface area contributed by atoms with Crippen molar-refractivity contribution in [3.63, 3.8) is 0 Å². The second-order valence-electron chi connectivity index (χ2n) is 14.4. The van der Waals surface area contributed by atoms with Crippen LogP contribution >= 0.6 is 0 Å². The van der Waals surface area contributed by atoms with Crippen molar-refractivity contribution in [1.29, 1.82) is 0 Å². The minimum absolute atomic E-state index is 0.801. The summed E-state index contributed by atoms with van der Waals surface area (Å²) < 4.78 is 12.8. The molecule has 10 aromatic carbocycles. The Balaban J connectivity index is 0.975. The van der Waals surface area contributed by atoms with Crippen molar-refractivity contribution in [2.24, 2.45) is 0 Å². The Morgan fingerprint density at radius 1 is 0.241 bits per heavy atom. The Morgan fingerprint density at radius 2 is 0.722 bits per heavy atom. The highest BCUT2D eigenvalue weighted by Gasteiger charge is 2.18. The molecular weight excluding hydrogens is 657 g/mol. The Hall–Kier alpha value is -7.16. The van der Waals surface area contributed by atoms with Crippen molar-refractivity contribution < 1.29 is 8.83 Å². The largest absolute Gasteiger partial charge is 0.452 e. The molecule has 0 bridgehead atoms. The molecule has 12 aromatic rings. The maximum absolute atomic E-state index is 6.49. The summed E-state index contributed by atoms with van der Waals surface area (Å²) in [4.78, 5) is 0. The molecular formula is C52H30O2. The molecule has 0 atom stereocenters. The van der Waals surface area contributed by atoms with Gasteiger partial charge in [-0.3, -0.25) is 0 Å². The molecule has 0 aliphatic heterocycles. The fourth-order valence-electron chi connectivity index (χ4n) is 8.86. The Morgan fingerprint density at radius 3 is 1.44 bits per heavy atom. The van der Waals surface area contributed by atoms with Crippen LogP contribution in [0.5, 0.6) is 0 Å². The molecule has 2 heterocycles. The van der Waals surface area contributed by atoms with Gasteiger partial charge in [-0.15, -0.1) is 0 Å². The molecule has 0 amide bonds. The summed E-state index contributed by atoms with van der Waals surface area (Å²) in [6.45, 7) is 0. The zero-order chi connectivity index (χ0) is 35.3. The molecule has 0 spiro atoms. The SMILES string of the molecule is c1ccc2cc(-c3c4ccccc4c(-c4ccc(-c5ccc6cc7oc8c(ccc9c%10ccccc%10oc98)c7cc6c5)cc4)c4ccccc34)ccc2c1. The van der Waals surface area contributed by atoms with E-state index in [0.717, 1.165) is 49.3 Å². The van der Waals surface area contributed by atoms with Gasteiger partial charge in [0, 0.05) is 21.5 Å². The fraction of sp³-hybridized carbons (Fsp3) is 0. The van der Waals surface area contributed by atoms with Gasteiger partial charge < -0.3 is 8.83 Å². The third-order valence-corrected chi connectivity index (χ3v) is 11.4. The summed E-state index contributed by atoms with van der Waals surface area (Å²) in [7, 11) is 0. The van der Waals surface area contributed by atoms with E-state index in [-0.39, 0.29) is 0 Å². The molecule has 250 valence electrons. The van der Waals surface area contributed by atoms with Crippen LogP contribution < -0.4 is 0 Å². The van der Waals surface area contributed by atoms with Gasteiger partial charge >= 0.3 is 0 Å². The Bertz CT molecular complexity index is 3430. The first-order chi connectivity index (χ1) is 26.7.